The van der Waals surface area contributed by atoms with E-state index < -0.39 is 11.0 Å². The molecule has 0 saturated heterocycles. The lowest BCUT2D eigenvalue weighted by Crippen LogP contribution is -2.46. The lowest BCUT2D eigenvalue weighted by Gasteiger charge is -2.44. The fourth-order valence-electron chi connectivity index (χ4n) is 5.29. The Kier molecular flexibility index (Phi) is 12.4. The molecule has 2 aliphatic carbocycles. The summed E-state index contributed by atoms with van der Waals surface area (Å²) < 4.78 is 13.7. The molecular formula is C31H42FN5O2. The van der Waals surface area contributed by atoms with Crippen LogP contribution >= 0.6 is 0 Å². The van der Waals surface area contributed by atoms with E-state index >= 15 is 0 Å². The van der Waals surface area contributed by atoms with E-state index in [1.54, 1.807) is 6.07 Å². The number of nitrogens with one attached hydrogen (secondary N) is 1. The van der Waals surface area contributed by atoms with Gasteiger partial charge in [0.1, 0.15) is 11.4 Å². The number of carbonyl (C=O) groups excluding carboxylic acids is 1. The first kappa shape index (κ1) is 31.7. The van der Waals surface area contributed by atoms with Crippen LogP contribution in [0.3, 0.4) is 0 Å². The number of nitrogens with two attached hydrogens (primary N) is 4. The van der Waals surface area contributed by atoms with E-state index in [9.17, 15) is 9.50 Å². The van der Waals surface area contributed by atoms with E-state index in [1.165, 1.54) is 17.7 Å². The van der Waals surface area contributed by atoms with Gasteiger partial charge in [-0.05, 0) is 74.1 Å². The Balaban J connectivity index is 0.000000815. The molecule has 2 atom stereocenters. The van der Waals surface area contributed by atoms with Crippen LogP contribution in [0.4, 0.5) is 10.1 Å². The summed E-state index contributed by atoms with van der Waals surface area (Å²) in [6.07, 6.45) is 7.36. The Morgan fingerprint density at radius 3 is 2.46 bits per heavy atom. The highest BCUT2D eigenvalue weighted by Gasteiger charge is 2.57. The predicted molar refractivity (Wildman–Crippen MR) is 156 cm³/mol. The van der Waals surface area contributed by atoms with Crippen LogP contribution in [0.25, 0.3) is 0 Å². The van der Waals surface area contributed by atoms with Crippen molar-refractivity contribution in [2.75, 3.05) is 18.5 Å². The highest BCUT2D eigenvalue weighted by Crippen LogP contribution is 2.59. The van der Waals surface area contributed by atoms with E-state index in [4.69, 9.17) is 10.5 Å². The first-order chi connectivity index (χ1) is 18.7. The molecule has 0 heterocycles. The summed E-state index contributed by atoms with van der Waals surface area (Å²) in [5.74, 6) is 6.32. The van der Waals surface area contributed by atoms with Crippen LogP contribution in [0.2, 0.25) is 0 Å². The summed E-state index contributed by atoms with van der Waals surface area (Å²) in [4.78, 5) is 8.58. The van der Waals surface area contributed by atoms with Gasteiger partial charge in [0, 0.05) is 35.6 Å². The third-order valence-electron chi connectivity index (χ3n) is 7.23. The molecule has 7 nitrogen and oxygen atoms in total. The maximum Gasteiger partial charge on any atom is 0.204 e. The second-order valence-corrected chi connectivity index (χ2v) is 9.69. The molecule has 2 aliphatic rings. The van der Waals surface area contributed by atoms with Gasteiger partial charge in [0.05, 0.1) is 0 Å². The molecule has 4 rings (SSSR count). The Hall–Kier alpha value is -3.48. The van der Waals surface area contributed by atoms with Gasteiger partial charge in [0.15, 0.2) is 0 Å². The summed E-state index contributed by atoms with van der Waals surface area (Å²) in [7, 11) is 0. The predicted octanol–water partition coefficient (Wildman–Crippen LogP) is 3.80. The van der Waals surface area contributed by atoms with Crippen molar-refractivity contribution in [2.24, 2.45) is 28.3 Å². The van der Waals surface area contributed by atoms with Crippen LogP contribution in [0.1, 0.15) is 56.6 Å². The second-order valence-electron chi connectivity index (χ2n) is 9.69. The molecule has 2 unspecified atom stereocenters. The van der Waals surface area contributed by atoms with Crippen LogP contribution in [0.15, 0.2) is 71.5 Å². The maximum atomic E-state index is 13.7. The number of hydrogen-bond donors (Lipinski definition) is 6. The number of primary amides is 1. The zero-order valence-corrected chi connectivity index (χ0v) is 23.0. The van der Waals surface area contributed by atoms with Gasteiger partial charge < -0.3 is 33.4 Å². The summed E-state index contributed by atoms with van der Waals surface area (Å²) in [5.41, 5.74) is 24.0. The van der Waals surface area contributed by atoms with Crippen LogP contribution in [0, 0.1) is 30.0 Å². The highest BCUT2D eigenvalue weighted by atomic mass is 19.1. The topological polar surface area (TPSA) is 153 Å². The number of hydrogen-bond acceptors (Lipinski definition) is 6. The fourth-order valence-corrected chi connectivity index (χ4v) is 5.29. The van der Waals surface area contributed by atoms with Gasteiger partial charge in [-0.3, -0.25) is 4.79 Å². The van der Waals surface area contributed by atoms with Crippen LogP contribution in [-0.4, -0.2) is 30.3 Å². The third-order valence-corrected chi connectivity index (χ3v) is 7.23. The molecule has 0 bridgehead atoms. The first-order valence-corrected chi connectivity index (χ1v) is 13.3. The Bertz CT molecular complexity index is 1230. The molecule has 10 N–H and O–H groups in total. The van der Waals surface area contributed by atoms with Gasteiger partial charge in [0.25, 0.3) is 0 Å². The molecule has 1 saturated carbocycles. The number of benzene rings is 2. The number of halogens is 1. The standard InChI is InChI=1S/C29H33FN2O.CH6N2.CH3NO/c1-3-4-14-28-19-23(20-31)27(32-26-11-7-10-25(30)18-26)17-24(28)13-16-29(28,33)15-12-22-9-6-5-8-21(22)2;2*2-1-3/h5-11,17-18,32-33H,3-4,13-14,16,19-20,31H2,1-2H3;1-3H2;1H,(H2,2,3). The van der Waals surface area contributed by atoms with Gasteiger partial charge >= 0.3 is 0 Å². The van der Waals surface area contributed by atoms with E-state index in [2.05, 4.69) is 47.4 Å². The zero-order chi connectivity index (χ0) is 28.9. The number of aliphatic hydroxyl groups is 1. The monoisotopic (exact) mass is 535 g/mol. The number of allylic oxidation sites excluding steroid dienone is 1. The van der Waals surface area contributed by atoms with E-state index in [-0.39, 0.29) is 18.9 Å². The fraction of sp³-hybridized carbons (Fsp3) is 0.387. The van der Waals surface area contributed by atoms with Crippen molar-refractivity contribution in [3.05, 3.63) is 88.4 Å². The Morgan fingerprint density at radius 1 is 1.15 bits per heavy atom. The quantitative estimate of drug-likeness (QED) is 0.188. The normalized spacial score (nSPS) is 21.2. The lowest BCUT2D eigenvalue weighted by molar-refractivity contribution is -0.106. The summed E-state index contributed by atoms with van der Waals surface area (Å²) in [6, 6.07) is 14.5. The second kappa shape index (κ2) is 15.2. The zero-order valence-electron chi connectivity index (χ0n) is 23.0. The Labute approximate surface area is 231 Å². The summed E-state index contributed by atoms with van der Waals surface area (Å²) in [5, 5.41) is 15.4. The number of fused-ring (bicyclic) bond motifs is 1. The van der Waals surface area contributed by atoms with Crippen LogP contribution in [-0.2, 0) is 4.79 Å². The molecule has 0 aliphatic heterocycles. The van der Waals surface area contributed by atoms with Gasteiger partial charge in [-0.1, -0.05) is 61.4 Å². The highest BCUT2D eigenvalue weighted by molar-refractivity contribution is 5.57. The number of rotatable bonds is 6. The Morgan fingerprint density at radius 2 is 1.85 bits per heavy atom. The average molecular weight is 536 g/mol. The van der Waals surface area contributed by atoms with Crippen LogP contribution in [0.5, 0.6) is 0 Å². The van der Waals surface area contributed by atoms with Gasteiger partial charge in [-0.15, -0.1) is 0 Å². The largest absolute Gasteiger partial charge is 0.377 e. The minimum Gasteiger partial charge on any atom is -0.377 e. The van der Waals surface area contributed by atoms with E-state index in [1.807, 2.05) is 37.3 Å². The third kappa shape index (κ3) is 7.78. The van der Waals surface area contributed by atoms with Gasteiger partial charge in [-0.2, -0.15) is 0 Å². The van der Waals surface area contributed by atoms with Crippen LogP contribution < -0.4 is 28.3 Å². The number of anilines is 1. The van der Waals surface area contributed by atoms with Crippen molar-refractivity contribution in [1.82, 2.24) is 0 Å². The molecule has 0 radical (unpaired) electrons. The summed E-state index contributed by atoms with van der Waals surface area (Å²) >= 11 is 0. The molecule has 0 aromatic heterocycles. The SMILES string of the molecule is CCCCC12CC(CN)=C(Nc3cccc(F)c3)C=C1CCC2(O)C#Cc1ccccc1C.NC=O.NCN. The minimum atomic E-state index is -1.11. The van der Waals surface area contributed by atoms with Gasteiger partial charge in [-0.25, -0.2) is 4.39 Å². The lowest BCUT2D eigenvalue weighted by atomic mass is 9.63. The van der Waals surface area contributed by atoms with Gasteiger partial charge in [0.2, 0.25) is 6.41 Å². The van der Waals surface area contributed by atoms with Crippen molar-refractivity contribution in [2.45, 2.75) is 58.0 Å². The molecule has 39 heavy (non-hydrogen) atoms. The maximum absolute atomic E-state index is 13.7. The van der Waals surface area contributed by atoms with Crippen molar-refractivity contribution in [3.63, 3.8) is 0 Å². The van der Waals surface area contributed by atoms with Crippen molar-refractivity contribution in [3.8, 4) is 11.8 Å². The molecule has 8 heteroatoms. The molecule has 1 amide bonds. The first-order valence-electron chi connectivity index (χ1n) is 13.3. The van der Waals surface area contributed by atoms with E-state index in [0.29, 0.717) is 25.1 Å². The molecular weight excluding hydrogens is 493 g/mol. The van der Waals surface area contributed by atoms with Crippen molar-refractivity contribution in [1.29, 1.82) is 0 Å². The number of aryl methyl sites for hydroxylation is 1. The summed E-state index contributed by atoms with van der Waals surface area (Å²) in [6.45, 7) is 4.84. The number of amides is 1. The molecule has 0 spiro atoms. The van der Waals surface area contributed by atoms with Crippen molar-refractivity contribution >= 4 is 12.1 Å². The minimum absolute atomic E-state index is 0.250. The number of carbonyl (C=O) groups is 1. The number of unbranched alkanes of at least 4 members (excludes halogenated alkanes) is 1. The molecule has 210 valence electrons. The molecule has 1 fully saturated rings. The molecule has 2 aromatic rings. The van der Waals surface area contributed by atoms with Crippen molar-refractivity contribution < 1.29 is 14.3 Å². The molecule has 2 aromatic carbocycles. The van der Waals surface area contributed by atoms with E-state index in [0.717, 1.165) is 48.1 Å². The average Bonchev–Trinajstić information content (AvgIpc) is 3.19. The smallest absolute Gasteiger partial charge is 0.204 e.